The SMILES string of the molecule is COc1cccc(NC(=S)N[C@H](C)c2ccc(C(C)C)cc2)c1. The number of anilines is 1. The Balaban J connectivity index is 1.96. The molecule has 0 aliphatic heterocycles. The minimum atomic E-state index is 0.141. The number of hydrogen-bond donors (Lipinski definition) is 2. The first-order chi connectivity index (χ1) is 11.0. The highest BCUT2D eigenvalue weighted by Gasteiger charge is 2.08. The molecule has 4 heteroatoms. The summed E-state index contributed by atoms with van der Waals surface area (Å²) in [5.41, 5.74) is 3.46. The largest absolute Gasteiger partial charge is 0.497 e. The summed E-state index contributed by atoms with van der Waals surface area (Å²) in [7, 11) is 1.65. The van der Waals surface area contributed by atoms with Gasteiger partial charge in [-0.25, -0.2) is 0 Å². The van der Waals surface area contributed by atoms with Gasteiger partial charge >= 0.3 is 0 Å². The van der Waals surface area contributed by atoms with Crippen molar-refractivity contribution < 1.29 is 4.74 Å². The average Bonchev–Trinajstić information content (AvgIpc) is 2.54. The minimum Gasteiger partial charge on any atom is -0.497 e. The molecule has 0 heterocycles. The molecule has 3 nitrogen and oxygen atoms in total. The van der Waals surface area contributed by atoms with Crippen molar-refractivity contribution in [3.8, 4) is 5.75 Å². The molecule has 0 aliphatic rings. The van der Waals surface area contributed by atoms with Gasteiger partial charge in [-0.05, 0) is 48.3 Å². The van der Waals surface area contributed by atoms with Gasteiger partial charge in [0.2, 0.25) is 0 Å². The number of rotatable bonds is 5. The van der Waals surface area contributed by atoms with Gasteiger partial charge in [-0.2, -0.15) is 0 Å². The lowest BCUT2D eigenvalue weighted by molar-refractivity contribution is 0.415. The van der Waals surface area contributed by atoms with Gasteiger partial charge in [0.25, 0.3) is 0 Å². The van der Waals surface area contributed by atoms with E-state index in [0.29, 0.717) is 11.0 Å². The lowest BCUT2D eigenvalue weighted by Gasteiger charge is -2.18. The van der Waals surface area contributed by atoms with Gasteiger partial charge in [0.05, 0.1) is 13.2 Å². The van der Waals surface area contributed by atoms with Crippen LogP contribution in [0, 0.1) is 0 Å². The fourth-order valence-electron chi connectivity index (χ4n) is 2.32. The number of benzene rings is 2. The Bertz CT molecular complexity index is 653. The Labute approximate surface area is 144 Å². The van der Waals surface area contributed by atoms with E-state index in [2.05, 4.69) is 55.7 Å². The molecule has 0 aliphatic carbocycles. The van der Waals surface area contributed by atoms with E-state index in [0.717, 1.165) is 11.4 Å². The fourth-order valence-corrected chi connectivity index (χ4v) is 2.61. The van der Waals surface area contributed by atoms with E-state index in [-0.39, 0.29) is 6.04 Å². The normalized spacial score (nSPS) is 11.9. The molecule has 2 aromatic rings. The van der Waals surface area contributed by atoms with Crippen molar-refractivity contribution in [2.45, 2.75) is 32.7 Å². The van der Waals surface area contributed by atoms with Crippen LogP contribution in [0.4, 0.5) is 5.69 Å². The third kappa shape index (κ3) is 4.96. The Kier molecular flexibility index (Phi) is 5.99. The topological polar surface area (TPSA) is 33.3 Å². The van der Waals surface area contributed by atoms with Gasteiger partial charge in [0.1, 0.15) is 5.75 Å². The summed E-state index contributed by atoms with van der Waals surface area (Å²) in [5, 5.41) is 7.09. The van der Waals surface area contributed by atoms with Crippen LogP contribution < -0.4 is 15.4 Å². The number of hydrogen-bond acceptors (Lipinski definition) is 2. The highest BCUT2D eigenvalue weighted by molar-refractivity contribution is 7.80. The van der Waals surface area contributed by atoms with Crippen LogP contribution in [-0.2, 0) is 0 Å². The summed E-state index contributed by atoms with van der Waals surface area (Å²) >= 11 is 5.40. The Morgan fingerprint density at radius 1 is 1.00 bits per heavy atom. The molecule has 0 spiro atoms. The van der Waals surface area contributed by atoms with Gasteiger partial charge in [0, 0.05) is 11.8 Å². The predicted octanol–water partition coefficient (Wildman–Crippen LogP) is 4.87. The smallest absolute Gasteiger partial charge is 0.171 e. The fraction of sp³-hybridized carbons (Fsp3) is 0.316. The van der Waals surface area contributed by atoms with E-state index in [1.807, 2.05) is 24.3 Å². The molecule has 2 N–H and O–H groups in total. The Morgan fingerprint density at radius 2 is 1.65 bits per heavy atom. The van der Waals surface area contributed by atoms with Crippen molar-refractivity contribution in [3.63, 3.8) is 0 Å². The molecule has 0 fully saturated rings. The van der Waals surface area contributed by atoms with Gasteiger partial charge in [-0.1, -0.05) is 44.2 Å². The third-order valence-corrected chi connectivity index (χ3v) is 4.00. The molecule has 0 bridgehead atoms. The van der Waals surface area contributed by atoms with Crippen LogP contribution in [0.25, 0.3) is 0 Å². The quantitative estimate of drug-likeness (QED) is 0.768. The van der Waals surface area contributed by atoms with Crippen LogP contribution in [0.5, 0.6) is 5.75 Å². The predicted molar refractivity (Wildman–Crippen MR) is 101 cm³/mol. The van der Waals surface area contributed by atoms with Gasteiger partial charge < -0.3 is 15.4 Å². The van der Waals surface area contributed by atoms with Crippen LogP contribution in [0.15, 0.2) is 48.5 Å². The van der Waals surface area contributed by atoms with Crippen molar-refractivity contribution in [2.24, 2.45) is 0 Å². The lowest BCUT2D eigenvalue weighted by Crippen LogP contribution is -2.30. The molecule has 1 atom stereocenters. The summed E-state index contributed by atoms with van der Waals surface area (Å²) < 4.78 is 5.21. The first-order valence-corrected chi connectivity index (χ1v) is 8.22. The first kappa shape index (κ1) is 17.3. The second-order valence-corrected chi connectivity index (χ2v) is 6.28. The summed E-state index contributed by atoms with van der Waals surface area (Å²) in [6.07, 6.45) is 0. The highest BCUT2D eigenvalue weighted by atomic mass is 32.1. The first-order valence-electron chi connectivity index (χ1n) is 7.81. The van der Waals surface area contributed by atoms with E-state index >= 15 is 0 Å². The maximum absolute atomic E-state index is 5.40. The molecule has 0 amide bonds. The molecule has 122 valence electrons. The van der Waals surface area contributed by atoms with Crippen LogP contribution in [0.1, 0.15) is 43.9 Å². The van der Waals surface area contributed by atoms with Crippen LogP contribution in [0.2, 0.25) is 0 Å². The van der Waals surface area contributed by atoms with Gasteiger partial charge in [-0.3, -0.25) is 0 Å². The zero-order valence-electron chi connectivity index (χ0n) is 14.1. The Morgan fingerprint density at radius 3 is 2.26 bits per heavy atom. The van der Waals surface area contributed by atoms with Crippen LogP contribution >= 0.6 is 12.2 Å². The monoisotopic (exact) mass is 328 g/mol. The zero-order chi connectivity index (χ0) is 16.8. The molecule has 23 heavy (non-hydrogen) atoms. The summed E-state index contributed by atoms with van der Waals surface area (Å²) in [6, 6.07) is 16.5. The molecule has 0 saturated heterocycles. The number of ether oxygens (including phenoxy) is 1. The van der Waals surface area contributed by atoms with Crippen molar-refractivity contribution >= 4 is 23.0 Å². The molecule has 2 aromatic carbocycles. The molecular weight excluding hydrogens is 304 g/mol. The average molecular weight is 328 g/mol. The second kappa shape index (κ2) is 7.97. The molecule has 2 rings (SSSR count). The summed E-state index contributed by atoms with van der Waals surface area (Å²) in [4.78, 5) is 0. The van der Waals surface area contributed by atoms with Crippen molar-refractivity contribution in [1.29, 1.82) is 0 Å². The maximum Gasteiger partial charge on any atom is 0.171 e. The lowest BCUT2D eigenvalue weighted by atomic mass is 10.00. The Hall–Kier alpha value is -2.07. The van der Waals surface area contributed by atoms with Gasteiger partial charge in [-0.15, -0.1) is 0 Å². The van der Waals surface area contributed by atoms with E-state index in [4.69, 9.17) is 17.0 Å². The van der Waals surface area contributed by atoms with Crippen molar-refractivity contribution in [3.05, 3.63) is 59.7 Å². The molecule has 0 radical (unpaired) electrons. The third-order valence-electron chi connectivity index (χ3n) is 3.78. The van der Waals surface area contributed by atoms with Crippen molar-refractivity contribution in [2.75, 3.05) is 12.4 Å². The van der Waals surface area contributed by atoms with Crippen LogP contribution in [0.3, 0.4) is 0 Å². The molecule has 0 aromatic heterocycles. The zero-order valence-corrected chi connectivity index (χ0v) is 14.9. The molecule has 0 saturated carbocycles. The molecule has 0 unspecified atom stereocenters. The standard InChI is InChI=1S/C19H24N2OS/c1-13(2)15-8-10-16(11-9-15)14(3)20-19(23)21-17-6-5-7-18(12-17)22-4/h5-14H,1-4H3,(H2,20,21,23)/t14-/m1/s1. The van der Waals surface area contributed by atoms with Crippen molar-refractivity contribution in [1.82, 2.24) is 5.32 Å². The summed E-state index contributed by atoms with van der Waals surface area (Å²) in [5.74, 6) is 1.35. The highest BCUT2D eigenvalue weighted by Crippen LogP contribution is 2.19. The van der Waals surface area contributed by atoms with E-state index in [9.17, 15) is 0 Å². The maximum atomic E-state index is 5.40. The van der Waals surface area contributed by atoms with E-state index in [1.54, 1.807) is 7.11 Å². The second-order valence-electron chi connectivity index (χ2n) is 5.87. The number of methoxy groups -OCH3 is 1. The summed E-state index contributed by atoms with van der Waals surface area (Å²) in [6.45, 7) is 6.50. The van der Waals surface area contributed by atoms with E-state index < -0.39 is 0 Å². The number of nitrogens with one attached hydrogen (secondary N) is 2. The van der Waals surface area contributed by atoms with E-state index in [1.165, 1.54) is 11.1 Å². The molecular formula is C19H24N2OS. The number of thiocarbonyl (C=S) groups is 1. The minimum absolute atomic E-state index is 0.141. The van der Waals surface area contributed by atoms with Gasteiger partial charge in [0.15, 0.2) is 5.11 Å². The van der Waals surface area contributed by atoms with Crippen LogP contribution in [-0.4, -0.2) is 12.2 Å².